The number of aromatic nitrogens is 1. The van der Waals surface area contributed by atoms with Crippen molar-refractivity contribution in [2.45, 2.75) is 58.3 Å². The number of nitrogens with one attached hydrogen (secondary N) is 1. The van der Waals surface area contributed by atoms with E-state index in [0.29, 0.717) is 38.3 Å². The average Bonchev–Trinajstić information content (AvgIpc) is 3.10. The van der Waals surface area contributed by atoms with Crippen molar-refractivity contribution in [1.29, 1.82) is 0 Å². The number of piperidine rings is 1. The second-order valence-corrected chi connectivity index (χ2v) is 10.8. The Labute approximate surface area is 197 Å². The first-order valence-electron chi connectivity index (χ1n) is 11.7. The number of nitrogens with zero attached hydrogens (tertiary/aromatic N) is 4. The van der Waals surface area contributed by atoms with E-state index in [0.717, 1.165) is 19.4 Å². The van der Waals surface area contributed by atoms with Crippen LogP contribution in [0.15, 0.2) is 9.42 Å². The first-order valence-corrected chi connectivity index (χ1v) is 13.1. The predicted molar refractivity (Wildman–Crippen MR) is 125 cm³/mol. The molecule has 33 heavy (non-hydrogen) atoms. The summed E-state index contributed by atoms with van der Waals surface area (Å²) in [6.45, 7) is 9.33. The molecule has 1 fully saturated rings. The van der Waals surface area contributed by atoms with Crippen LogP contribution in [0.3, 0.4) is 0 Å². The highest BCUT2D eigenvalue weighted by Gasteiger charge is 2.38. The number of amides is 3. The summed E-state index contributed by atoms with van der Waals surface area (Å²) in [5, 5.41) is 6.60. The molecule has 1 saturated heterocycles. The zero-order valence-electron chi connectivity index (χ0n) is 20.8. The predicted octanol–water partition coefficient (Wildman–Crippen LogP) is 2.23. The lowest BCUT2D eigenvalue weighted by atomic mass is 9.82. The monoisotopic (exact) mass is 485 g/mol. The van der Waals surface area contributed by atoms with Crippen LogP contribution in [0.5, 0.6) is 0 Å². The highest BCUT2D eigenvalue weighted by molar-refractivity contribution is 7.89. The van der Waals surface area contributed by atoms with Crippen molar-refractivity contribution >= 4 is 22.0 Å². The number of hydrogen-bond acceptors (Lipinski definition) is 7. The van der Waals surface area contributed by atoms with E-state index in [-0.39, 0.29) is 40.9 Å². The third-order valence-electron chi connectivity index (χ3n) is 6.30. The maximum Gasteiger partial charge on any atom is 0.324 e. The highest BCUT2D eigenvalue weighted by Crippen LogP contribution is 2.33. The molecule has 0 radical (unpaired) electrons. The van der Waals surface area contributed by atoms with Crippen LogP contribution in [0.4, 0.5) is 4.79 Å². The third kappa shape index (κ3) is 6.77. The molecule has 0 aromatic carbocycles. The van der Waals surface area contributed by atoms with Gasteiger partial charge in [-0.3, -0.25) is 9.69 Å². The van der Waals surface area contributed by atoms with Gasteiger partial charge in [0.05, 0.1) is 0 Å². The number of rotatable bonds is 10. The zero-order chi connectivity index (χ0) is 24.8. The second kappa shape index (κ2) is 11.9. The molecular formula is C22H39N5O5S. The standard InChI is InChI=1S/C22H39N5O5S/c1-7-18-15-26(33(30,31)21-16(3)24-32-17(21)4)13-10-19(18)14-20(28)27(8-2)22(29)23-11-9-12-25(5)6/h18-19H,7-15H2,1-6H3,(H,23,29)/t18-,19-/m0/s1. The molecule has 11 heteroatoms. The van der Waals surface area contributed by atoms with Gasteiger partial charge in [0.1, 0.15) is 10.6 Å². The van der Waals surface area contributed by atoms with Gasteiger partial charge in [-0.15, -0.1) is 0 Å². The van der Waals surface area contributed by atoms with Crippen molar-refractivity contribution in [2.75, 3.05) is 46.8 Å². The quantitative estimate of drug-likeness (QED) is 0.505. The van der Waals surface area contributed by atoms with Crippen LogP contribution in [-0.2, 0) is 14.8 Å². The fourth-order valence-electron chi connectivity index (χ4n) is 4.42. The minimum absolute atomic E-state index is 0.0224. The molecule has 10 nitrogen and oxygen atoms in total. The number of carbonyl (C=O) groups excluding carboxylic acids is 2. The molecule has 188 valence electrons. The van der Waals surface area contributed by atoms with E-state index in [2.05, 4.69) is 10.5 Å². The van der Waals surface area contributed by atoms with E-state index in [4.69, 9.17) is 4.52 Å². The van der Waals surface area contributed by atoms with E-state index >= 15 is 0 Å². The van der Waals surface area contributed by atoms with Gasteiger partial charge in [0, 0.05) is 32.6 Å². The molecule has 3 amide bonds. The van der Waals surface area contributed by atoms with Crippen molar-refractivity contribution < 1.29 is 22.5 Å². The Bertz CT molecular complexity index is 895. The van der Waals surface area contributed by atoms with Gasteiger partial charge in [0.15, 0.2) is 5.76 Å². The minimum atomic E-state index is -3.71. The van der Waals surface area contributed by atoms with Gasteiger partial charge < -0.3 is 14.7 Å². The van der Waals surface area contributed by atoms with Gasteiger partial charge in [0.25, 0.3) is 0 Å². The maximum atomic E-state index is 13.2. The number of urea groups is 1. The number of imide groups is 1. The maximum absolute atomic E-state index is 13.2. The molecule has 2 atom stereocenters. The number of carbonyl (C=O) groups is 2. The topological polar surface area (TPSA) is 116 Å². The van der Waals surface area contributed by atoms with Crippen molar-refractivity contribution in [3.05, 3.63) is 11.5 Å². The molecule has 1 aromatic rings. The van der Waals surface area contributed by atoms with Crippen LogP contribution < -0.4 is 5.32 Å². The van der Waals surface area contributed by atoms with E-state index in [1.807, 2.05) is 25.9 Å². The Balaban J connectivity index is 2.00. The molecule has 1 N–H and O–H groups in total. The largest absolute Gasteiger partial charge is 0.360 e. The Morgan fingerprint density at radius 3 is 2.45 bits per heavy atom. The summed E-state index contributed by atoms with van der Waals surface area (Å²) in [6, 6.07) is -0.368. The van der Waals surface area contributed by atoms with Gasteiger partial charge in [-0.2, -0.15) is 4.31 Å². The number of sulfonamides is 1. The molecule has 2 heterocycles. The lowest BCUT2D eigenvalue weighted by molar-refractivity contribution is -0.129. The Hall–Kier alpha value is -1.98. The number of hydrogen-bond donors (Lipinski definition) is 1. The molecule has 1 aliphatic heterocycles. The van der Waals surface area contributed by atoms with E-state index in [1.54, 1.807) is 20.8 Å². The lowest BCUT2D eigenvalue weighted by Crippen LogP contribution is -2.47. The fourth-order valence-corrected chi connectivity index (χ4v) is 6.23. The zero-order valence-corrected chi connectivity index (χ0v) is 21.6. The first kappa shape index (κ1) is 27.3. The first-order chi connectivity index (χ1) is 15.5. The van der Waals surface area contributed by atoms with Crippen LogP contribution in [-0.4, -0.2) is 86.4 Å². The second-order valence-electron chi connectivity index (χ2n) is 8.96. The molecule has 0 spiro atoms. The minimum Gasteiger partial charge on any atom is -0.360 e. The van der Waals surface area contributed by atoms with Crippen LogP contribution in [0.2, 0.25) is 0 Å². The summed E-state index contributed by atoms with van der Waals surface area (Å²) >= 11 is 0. The Morgan fingerprint density at radius 2 is 1.91 bits per heavy atom. The molecule has 0 bridgehead atoms. The molecule has 1 aliphatic rings. The van der Waals surface area contributed by atoms with Crippen molar-refractivity contribution in [2.24, 2.45) is 11.8 Å². The SMILES string of the molecule is CC[C@H]1CN(S(=O)(=O)c2c(C)noc2C)CC[C@H]1CC(=O)N(CC)C(=O)NCCCN(C)C. The summed E-state index contributed by atoms with van der Waals surface area (Å²) in [4.78, 5) is 28.9. The van der Waals surface area contributed by atoms with Gasteiger partial charge >= 0.3 is 6.03 Å². The highest BCUT2D eigenvalue weighted by atomic mass is 32.2. The summed E-state index contributed by atoms with van der Waals surface area (Å²) in [6.07, 6.45) is 2.35. The van der Waals surface area contributed by atoms with E-state index in [9.17, 15) is 18.0 Å². The van der Waals surface area contributed by atoms with Crippen LogP contribution in [0, 0.1) is 25.7 Å². The molecule has 0 saturated carbocycles. The summed E-state index contributed by atoms with van der Waals surface area (Å²) in [5.41, 5.74) is 0.355. The Morgan fingerprint density at radius 1 is 1.21 bits per heavy atom. The van der Waals surface area contributed by atoms with E-state index < -0.39 is 10.0 Å². The molecular weight excluding hydrogens is 446 g/mol. The fraction of sp³-hybridized carbons (Fsp3) is 0.773. The molecule has 1 aromatic heterocycles. The summed E-state index contributed by atoms with van der Waals surface area (Å²) in [5.74, 6) is 0.120. The van der Waals surface area contributed by atoms with Crippen LogP contribution >= 0.6 is 0 Å². The van der Waals surface area contributed by atoms with Crippen molar-refractivity contribution in [1.82, 2.24) is 24.6 Å². The van der Waals surface area contributed by atoms with Gasteiger partial charge in [-0.05, 0) is 66.1 Å². The van der Waals surface area contributed by atoms with Crippen LogP contribution in [0.25, 0.3) is 0 Å². The molecule has 0 unspecified atom stereocenters. The lowest BCUT2D eigenvalue weighted by Gasteiger charge is -2.37. The van der Waals surface area contributed by atoms with E-state index in [1.165, 1.54) is 9.21 Å². The average molecular weight is 486 g/mol. The normalized spacial score (nSPS) is 19.6. The van der Waals surface area contributed by atoms with Gasteiger partial charge in [-0.1, -0.05) is 18.5 Å². The van der Waals surface area contributed by atoms with Gasteiger partial charge in [0.2, 0.25) is 15.9 Å². The molecule has 0 aliphatic carbocycles. The number of aryl methyl sites for hydroxylation is 2. The van der Waals surface area contributed by atoms with Crippen LogP contribution in [0.1, 0.15) is 51.0 Å². The van der Waals surface area contributed by atoms with Crippen molar-refractivity contribution in [3.63, 3.8) is 0 Å². The Kier molecular flexibility index (Phi) is 9.86. The summed E-state index contributed by atoms with van der Waals surface area (Å²) < 4.78 is 32.9. The smallest absolute Gasteiger partial charge is 0.324 e. The van der Waals surface area contributed by atoms with Crippen molar-refractivity contribution in [3.8, 4) is 0 Å². The third-order valence-corrected chi connectivity index (χ3v) is 8.41. The van der Waals surface area contributed by atoms with Gasteiger partial charge in [-0.25, -0.2) is 13.2 Å². The molecule has 2 rings (SSSR count). The summed E-state index contributed by atoms with van der Waals surface area (Å²) in [7, 11) is 0.228.